The Morgan fingerprint density at radius 1 is 1.29 bits per heavy atom. The number of hydrogen-bond acceptors (Lipinski definition) is 2. The maximum Gasteiger partial charge on any atom is 0.337 e. The molecule has 0 atom stereocenters. The predicted molar refractivity (Wildman–Crippen MR) is 94.0 cm³/mol. The number of nitrogens with zero attached hydrogens (tertiary/aromatic N) is 1. The summed E-state index contributed by atoms with van der Waals surface area (Å²) in [4.78, 5) is 24.4. The molecule has 0 radical (unpaired) electrons. The first kappa shape index (κ1) is 16.0. The van der Waals surface area contributed by atoms with Crippen LogP contribution in [0.4, 0.5) is 0 Å². The third kappa shape index (κ3) is 2.60. The molecule has 0 fully saturated rings. The Morgan fingerprint density at radius 2 is 2.00 bits per heavy atom. The van der Waals surface area contributed by atoms with Gasteiger partial charge in [0, 0.05) is 12.1 Å². The van der Waals surface area contributed by atoms with E-state index in [2.05, 4.69) is 6.58 Å². The Morgan fingerprint density at radius 3 is 2.58 bits per heavy atom. The zero-order valence-corrected chi connectivity index (χ0v) is 13.6. The van der Waals surface area contributed by atoms with Crippen LogP contribution < -0.4 is 0 Å². The van der Waals surface area contributed by atoms with Crippen LogP contribution in [0, 0.1) is 0 Å². The fraction of sp³-hybridized carbons (Fsp3) is 0.200. The Kier molecular flexibility index (Phi) is 4.21. The lowest BCUT2D eigenvalue weighted by Gasteiger charge is -2.09. The lowest BCUT2D eigenvalue weighted by Crippen LogP contribution is -2.12. The number of benzene rings is 1. The van der Waals surface area contributed by atoms with Crippen molar-refractivity contribution < 1.29 is 14.7 Å². The van der Waals surface area contributed by atoms with Crippen molar-refractivity contribution in [3.8, 4) is 0 Å². The third-order valence-corrected chi connectivity index (χ3v) is 4.30. The van der Waals surface area contributed by atoms with Gasteiger partial charge in [0.05, 0.1) is 17.0 Å². The number of rotatable bonds is 6. The molecule has 122 valence electrons. The quantitative estimate of drug-likeness (QED) is 0.823. The fourth-order valence-electron chi connectivity index (χ4n) is 3.14. The van der Waals surface area contributed by atoms with Crippen molar-refractivity contribution in [2.45, 2.75) is 26.3 Å². The molecular formula is C20H19NO3. The van der Waals surface area contributed by atoms with Gasteiger partial charge >= 0.3 is 5.97 Å². The standard InChI is InChI=1S/C20H19NO3/c1-3-5-15-12-17-16(20(23)24)10-11-21(17)18(15)19(22)14-8-6-13(4-2)7-9-14/h4,6-10,12H,2-3,5,11H2,1H3,(H,23,24). The zero-order valence-electron chi connectivity index (χ0n) is 13.6. The summed E-state index contributed by atoms with van der Waals surface area (Å²) in [6, 6.07) is 9.13. The van der Waals surface area contributed by atoms with Gasteiger partial charge in [-0.05, 0) is 29.7 Å². The Bertz CT molecular complexity index is 854. The highest BCUT2D eigenvalue weighted by atomic mass is 16.4. The van der Waals surface area contributed by atoms with E-state index in [0.29, 0.717) is 23.5 Å². The van der Waals surface area contributed by atoms with E-state index < -0.39 is 5.97 Å². The Balaban J connectivity index is 2.06. The molecule has 0 unspecified atom stereocenters. The maximum absolute atomic E-state index is 13.0. The SMILES string of the molecule is C=Cc1ccc(C(=O)c2c(CCC)cc3n2CC=C3C(=O)O)cc1. The van der Waals surface area contributed by atoms with E-state index in [1.807, 2.05) is 29.7 Å². The van der Waals surface area contributed by atoms with Crippen LogP contribution in [0.15, 0.2) is 43.0 Å². The Labute approximate surface area is 140 Å². The van der Waals surface area contributed by atoms with Crippen LogP contribution in [0.1, 0.15) is 46.2 Å². The molecule has 1 aliphatic rings. The molecule has 1 aromatic carbocycles. The predicted octanol–water partition coefficient (Wildman–Crippen LogP) is 3.80. The second-order valence-corrected chi connectivity index (χ2v) is 5.84. The third-order valence-electron chi connectivity index (χ3n) is 4.30. The van der Waals surface area contributed by atoms with Gasteiger partial charge in [-0.1, -0.05) is 50.3 Å². The van der Waals surface area contributed by atoms with Crippen LogP contribution in [0.2, 0.25) is 0 Å². The first-order valence-electron chi connectivity index (χ1n) is 8.00. The second-order valence-electron chi connectivity index (χ2n) is 5.84. The number of aryl methyl sites for hydroxylation is 1. The molecule has 0 saturated carbocycles. The fourth-order valence-corrected chi connectivity index (χ4v) is 3.14. The summed E-state index contributed by atoms with van der Waals surface area (Å²) >= 11 is 0. The van der Waals surface area contributed by atoms with Gasteiger partial charge in [0.15, 0.2) is 0 Å². The number of allylic oxidation sites excluding steroid dienone is 1. The molecule has 2 heterocycles. The van der Waals surface area contributed by atoms with Crippen LogP contribution in [0.5, 0.6) is 0 Å². The van der Waals surface area contributed by atoms with Crippen molar-refractivity contribution in [1.29, 1.82) is 0 Å². The Hall–Kier alpha value is -2.88. The molecular weight excluding hydrogens is 302 g/mol. The summed E-state index contributed by atoms with van der Waals surface area (Å²) in [5, 5.41) is 9.33. The van der Waals surface area contributed by atoms with Gasteiger partial charge in [0.1, 0.15) is 0 Å². The monoisotopic (exact) mass is 321 g/mol. The number of fused-ring (bicyclic) bond motifs is 1. The van der Waals surface area contributed by atoms with Crippen LogP contribution in [0.3, 0.4) is 0 Å². The van der Waals surface area contributed by atoms with E-state index in [1.165, 1.54) is 0 Å². The van der Waals surface area contributed by atoms with E-state index >= 15 is 0 Å². The van der Waals surface area contributed by atoms with Gasteiger partial charge in [-0.25, -0.2) is 4.79 Å². The molecule has 0 spiro atoms. The largest absolute Gasteiger partial charge is 0.478 e. The molecule has 0 bridgehead atoms. The highest BCUT2D eigenvalue weighted by Gasteiger charge is 2.28. The molecule has 1 N–H and O–H groups in total. The molecule has 3 rings (SSSR count). The van der Waals surface area contributed by atoms with E-state index in [9.17, 15) is 14.7 Å². The van der Waals surface area contributed by atoms with E-state index in [1.54, 1.807) is 24.3 Å². The average Bonchev–Trinajstić information content (AvgIpc) is 3.13. The highest BCUT2D eigenvalue weighted by Crippen LogP contribution is 2.30. The number of carboxylic acids is 1. The minimum atomic E-state index is -0.955. The van der Waals surface area contributed by atoms with Crippen molar-refractivity contribution in [2.75, 3.05) is 0 Å². The molecule has 2 aromatic rings. The first-order chi connectivity index (χ1) is 11.6. The summed E-state index contributed by atoms with van der Waals surface area (Å²) in [5.74, 6) is -1.02. The minimum absolute atomic E-state index is 0.0691. The molecule has 0 aliphatic carbocycles. The summed E-state index contributed by atoms with van der Waals surface area (Å²) in [6.45, 7) is 6.18. The van der Waals surface area contributed by atoms with Crippen LogP contribution in [-0.4, -0.2) is 21.4 Å². The van der Waals surface area contributed by atoms with E-state index in [4.69, 9.17) is 0 Å². The highest BCUT2D eigenvalue weighted by molar-refractivity contribution is 6.17. The normalized spacial score (nSPS) is 12.6. The maximum atomic E-state index is 13.0. The molecule has 0 amide bonds. The number of aliphatic carboxylic acids is 1. The zero-order chi connectivity index (χ0) is 17.3. The first-order valence-corrected chi connectivity index (χ1v) is 8.00. The van der Waals surface area contributed by atoms with Gasteiger partial charge in [-0.2, -0.15) is 0 Å². The topological polar surface area (TPSA) is 59.3 Å². The lowest BCUT2D eigenvalue weighted by molar-refractivity contribution is -0.130. The molecule has 1 aromatic heterocycles. The van der Waals surface area contributed by atoms with Gasteiger partial charge in [0.25, 0.3) is 0 Å². The van der Waals surface area contributed by atoms with Crippen LogP contribution in [-0.2, 0) is 17.8 Å². The summed E-state index contributed by atoms with van der Waals surface area (Å²) < 4.78 is 1.82. The summed E-state index contributed by atoms with van der Waals surface area (Å²) in [7, 11) is 0. The number of carbonyl (C=O) groups is 2. The number of hydrogen-bond donors (Lipinski definition) is 1. The van der Waals surface area contributed by atoms with Gasteiger partial charge in [0.2, 0.25) is 5.78 Å². The van der Waals surface area contributed by atoms with Crippen LogP contribution >= 0.6 is 0 Å². The second kappa shape index (κ2) is 6.32. The van der Waals surface area contributed by atoms with Crippen molar-refractivity contribution in [3.63, 3.8) is 0 Å². The number of aromatic nitrogens is 1. The summed E-state index contributed by atoms with van der Waals surface area (Å²) in [6.07, 6.45) is 5.03. The lowest BCUT2D eigenvalue weighted by atomic mass is 10.0. The van der Waals surface area contributed by atoms with Crippen LogP contribution in [0.25, 0.3) is 11.6 Å². The molecule has 4 heteroatoms. The number of carboxylic acid groups (broad SMARTS) is 1. The van der Waals surface area contributed by atoms with Gasteiger partial charge in [-0.3, -0.25) is 4.79 Å². The van der Waals surface area contributed by atoms with Crippen molar-refractivity contribution in [2.24, 2.45) is 0 Å². The van der Waals surface area contributed by atoms with Crippen molar-refractivity contribution in [1.82, 2.24) is 4.57 Å². The van der Waals surface area contributed by atoms with Gasteiger partial charge in [-0.15, -0.1) is 0 Å². The van der Waals surface area contributed by atoms with E-state index in [0.717, 1.165) is 24.0 Å². The molecule has 0 saturated heterocycles. The summed E-state index contributed by atoms with van der Waals surface area (Å²) in [5.41, 5.74) is 3.96. The number of ketones is 1. The average molecular weight is 321 g/mol. The van der Waals surface area contributed by atoms with E-state index in [-0.39, 0.29) is 11.4 Å². The van der Waals surface area contributed by atoms with Crippen molar-refractivity contribution >= 4 is 23.4 Å². The molecule has 4 nitrogen and oxygen atoms in total. The minimum Gasteiger partial charge on any atom is -0.478 e. The van der Waals surface area contributed by atoms with Gasteiger partial charge < -0.3 is 9.67 Å². The van der Waals surface area contributed by atoms with Crippen molar-refractivity contribution in [3.05, 3.63) is 71.1 Å². The number of carbonyl (C=O) groups excluding carboxylic acids is 1. The molecule has 1 aliphatic heterocycles. The smallest absolute Gasteiger partial charge is 0.337 e. The molecule has 24 heavy (non-hydrogen) atoms.